The van der Waals surface area contributed by atoms with Crippen LogP contribution in [0.4, 0.5) is 0 Å². The summed E-state index contributed by atoms with van der Waals surface area (Å²) in [6, 6.07) is 0. The van der Waals surface area contributed by atoms with E-state index in [-0.39, 0.29) is 17.1 Å². The molecule has 3 heteroatoms. The van der Waals surface area contributed by atoms with Gasteiger partial charge < -0.3 is 5.43 Å². The maximum atomic E-state index is 2.86. The number of hydrazine groups is 1. The summed E-state index contributed by atoms with van der Waals surface area (Å²) in [6.07, 6.45) is 3.89. The molecule has 0 aliphatic carbocycles. The second kappa shape index (κ2) is 3.22. The summed E-state index contributed by atoms with van der Waals surface area (Å²) in [4.78, 5) is 0. The van der Waals surface area contributed by atoms with Crippen molar-refractivity contribution in [3.63, 3.8) is 0 Å². The van der Waals surface area contributed by atoms with E-state index in [4.69, 9.17) is 0 Å². The van der Waals surface area contributed by atoms with Crippen molar-refractivity contribution >= 4 is 0 Å². The standard InChI is InChI=1S/C3H6N2.Cu/c1-2-4-5-3-1;/h1-2,4-5H,3H2;. The molecule has 0 saturated heterocycles. The fourth-order valence-corrected chi connectivity index (χ4v) is 0.295. The van der Waals surface area contributed by atoms with Crippen LogP contribution in [0.5, 0.6) is 0 Å². The average molecular weight is 134 g/mol. The number of nitrogens with one attached hydrogen (secondary N) is 2. The molecule has 1 aliphatic rings. The van der Waals surface area contributed by atoms with Crippen molar-refractivity contribution < 1.29 is 17.1 Å². The van der Waals surface area contributed by atoms with E-state index in [1.54, 1.807) is 0 Å². The maximum Gasteiger partial charge on any atom is 0.0345 e. The molecule has 1 aliphatic heterocycles. The fraction of sp³-hybridized carbons (Fsp3) is 0.333. The van der Waals surface area contributed by atoms with Crippen molar-refractivity contribution in [1.29, 1.82) is 0 Å². The zero-order valence-electron chi connectivity index (χ0n) is 3.16. The third-order valence-electron chi connectivity index (χ3n) is 0.523. The second-order valence-electron chi connectivity index (χ2n) is 0.928. The normalized spacial score (nSPS) is 16.0. The van der Waals surface area contributed by atoms with Crippen molar-refractivity contribution in [3.8, 4) is 0 Å². The minimum absolute atomic E-state index is 0. The Hall–Kier alpha value is 0.0195. The maximum absolute atomic E-state index is 2.86. The largest absolute Gasteiger partial charge is 0.329 e. The topological polar surface area (TPSA) is 24.1 Å². The monoisotopic (exact) mass is 133 g/mol. The fourth-order valence-electron chi connectivity index (χ4n) is 0.295. The summed E-state index contributed by atoms with van der Waals surface area (Å²) < 4.78 is 0. The first-order valence-electron chi connectivity index (χ1n) is 1.63. The minimum Gasteiger partial charge on any atom is -0.329 e. The van der Waals surface area contributed by atoms with Gasteiger partial charge in [0.25, 0.3) is 0 Å². The molecule has 0 spiro atoms. The summed E-state index contributed by atoms with van der Waals surface area (Å²) in [5, 5.41) is 0. The predicted molar refractivity (Wildman–Crippen MR) is 20.3 cm³/mol. The second-order valence-corrected chi connectivity index (χ2v) is 0.928. The smallest absolute Gasteiger partial charge is 0.0345 e. The van der Waals surface area contributed by atoms with Gasteiger partial charge in [0.1, 0.15) is 0 Å². The van der Waals surface area contributed by atoms with Crippen molar-refractivity contribution in [3.05, 3.63) is 12.3 Å². The van der Waals surface area contributed by atoms with Gasteiger partial charge in [0, 0.05) is 29.8 Å². The third kappa shape index (κ3) is 1.45. The van der Waals surface area contributed by atoms with Gasteiger partial charge >= 0.3 is 0 Å². The molecule has 0 atom stereocenters. The van der Waals surface area contributed by atoms with E-state index in [0.717, 1.165) is 6.54 Å². The van der Waals surface area contributed by atoms with Crippen LogP contribution in [0.1, 0.15) is 0 Å². The van der Waals surface area contributed by atoms with E-state index in [1.807, 2.05) is 12.3 Å². The zero-order chi connectivity index (χ0) is 3.54. The summed E-state index contributed by atoms with van der Waals surface area (Å²) in [5.74, 6) is 0. The molecular formula is C3H6CuN2. The van der Waals surface area contributed by atoms with Gasteiger partial charge in [-0.05, 0) is 0 Å². The first-order valence-corrected chi connectivity index (χ1v) is 1.63. The predicted octanol–water partition coefficient (Wildman–Crippen LogP) is -0.395. The van der Waals surface area contributed by atoms with E-state index in [2.05, 4.69) is 10.9 Å². The van der Waals surface area contributed by atoms with Crippen molar-refractivity contribution in [1.82, 2.24) is 10.9 Å². The summed E-state index contributed by atoms with van der Waals surface area (Å²) in [7, 11) is 0. The molecule has 1 rings (SSSR count). The van der Waals surface area contributed by atoms with Crippen LogP contribution in [0.25, 0.3) is 0 Å². The average Bonchev–Trinajstić information content (AvgIpc) is 1.76. The quantitative estimate of drug-likeness (QED) is 0.440. The van der Waals surface area contributed by atoms with Gasteiger partial charge in [-0.25, -0.2) is 5.43 Å². The number of hydrogen-bond acceptors (Lipinski definition) is 2. The van der Waals surface area contributed by atoms with Gasteiger partial charge in [-0.3, -0.25) is 0 Å². The van der Waals surface area contributed by atoms with Crippen molar-refractivity contribution in [2.24, 2.45) is 0 Å². The molecule has 1 heterocycles. The molecule has 2 N–H and O–H groups in total. The Balaban J connectivity index is 0.000000250. The first kappa shape index (κ1) is 6.02. The number of rotatable bonds is 0. The van der Waals surface area contributed by atoms with Gasteiger partial charge in [0.05, 0.1) is 0 Å². The molecule has 0 aromatic carbocycles. The Kier molecular flexibility index (Phi) is 3.23. The molecule has 0 unspecified atom stereocenters. The van der Waals surface area contributed by atoms with E-state index >= 15 is 0 Å². The van der Waals surface area contributed by atoms with Gasteiger partial charge in [0.2, 0.25) is 0 Å². The molecular weight excluding hydrogens is 128 g/mol. The SMILES string of the molecule is C1=CNNC1.[Cu]. The van der Waals surface area contributed by atoms with Gasteiger partial charge in [0.15, 0.2) is 0 Å². The zero-order valence-corrected chi connectivity index (χ0v) is 4.10. The van der Waals surface area contributed by atoms with Crippen LogP contribution < -0.4 is 10.9 Å². The van der Waals surface area contributed by atoms with Crippen LogP contribution in [-0.4, -0.2) is 6.54 Å². The third-order valence-corrected chi connectivity index (χ3v) is 0.523. The van der Waals surface area contributed by atoms with Gasteiger partial charge in [-0.1, -0.05) is 6.08 Å². The molecule has 0 aromatic heterocycles. The van der Waals surface area contributed by atoms with Crippen molar-refractivity contribution in [2.45, 2.75) is 0 Å². The van der Waals surface area contributed by atoms with Crippen LogP contribution in [0.3, 0.4) is 0 Å². The van der Waals surface area contributed by atoms with Gasteiger partial charge in [-0.2, -0.15) is 0 Å². The van der Waals surface area contributed by atoms with Crippen LogP contribution in [0.2, 0.25) is 0 Å². The number of hydrogen-bond donors (Lipinski definition) is 2. The van der Waals surface area contributed by atoms with E-state index < -0.39 is 0 Å². The summed E-state index contributed by atoms with van der Waals surface area (Å²) in [5.41, 5.74) is 5.65. The molecule has 0 fully saturated rings. The van der Waals surface area contributed by atoms with Crippen LogP contribution in [0, 0.1) is 0 Å². The summed E-state index contributed by atoms with van der Waals surface area (Å²) in [6.45, 7) is 0.958. The molecule has 39 valence electrons. The minimum atomic E-state index is 0. The molecule has 0 saturated carbocycles. The van der Waals surface area contributed by atoms with E-state index in [1.165, 1.54) is 0 Å². The van der Waals surface area contributed by atoms with Crippen LogP contribution >= 0.6 is 0 Å². The molecule has 0 amide bonds. The Morgan fingerprint density at radius 2 is 2.33 bits per heavy atom. The van der Waals surface area contributed by atoms with Crippen molar-refractivity contribution in [2.75, 3.05) is 6.54 Å². The Bertz CT molecular complexity index is 46.8. The molecule has 6 heavy (non-hydrogen) atoms. The molecule has 2 nitrogen and oxygen atoms in total. The van der Waals surface area contributed by atoms with Gasteiger partial charge in [-0.15, -0.1) is 0 Å². The van der Waals surface area contributed by atoms with Crippen LogP contribution in [0.15, 0.2) is 12.3 Å². The molecule has 0 bridgehead atoms. The summed E-state index contributed by atoms with van der Waals surface area (Å²) >= 11 is 0. The van der Waals surface area contributed by atoms with E-state index in [9.17, 15) is 0 Å². The molecule has 1 radical (unpaired) electrons. The Labute approximate surface area is 47.4 Å². The Morgan fingerprint density at radius 1 is 1.50 bits per heavy atom. The van der Waals surface area contributed by atoms with E-state index in [0.29, 0.717) is 0 Å². The Morgan fingerprint density at radius 3 is 2.50 bits per heavy atom. The first-order chi connectivity index (χ1) is 2.50. The molecule has 0 aromatic rings. The van der Waals surface area contributed by atoms with Crippen LogP contribution in [-0.2, 0) is 17.1 Å².